The molecule has 150 valence electrons. The van der Waals surface area contributed by atoms with Gasteiger partial charge in [0.2, 0.25) is 11.8 Å². The van der Waals surface area contributed by atoms with Crippen LogP contribution in [0.15, 0.2) is 52.0 Å². The fourth-order valence-electron chi connectivity index (χ4n) is 3.55. The van der Waals surface area contributed by atoms with Crippen molar-refractivity contribution in [3.8, 4) is 11.1 Å². The second-order valence-electron chi connectivity index (χ2n) is 8.06. The summed E-state index contributed by atoms with van der Waals surface area (Å²) in [6, 6.07) is 15.0. The first-order valence-corrected chi connectivity index (χ1v) is 10.3. The smallest absolute Gasteiger partial charge is 0.219 e. The zero-order valence-corrected chi connectivity index (χ0v) is 17.5. The lowest BCUT2D eigenvalue weighted by atomic mass is 10.0. The third kappa shape index (κ3) is 4.09. The minimum Gasteiger partial charge on any atom is -0.425 e. The predicted molar refractivity (Wildman–Crippen MR) is 114 cm³/mol. The van der Waals surface area contributed by atoms with Gasteiger partial charge in [0, 0.05) is 23.5 Å². The van der Waals surface area contributed by atoms with E-state index in [4.69, 9.17) is 9.25 Å². The van der Waals surface area contributed by atoms with Crippen LogP contribution in [0.25, 0.3) is 11.1 Å². The summed E-state index contributed by atoms with van der Waals surface area (Å²) in [5.74, 6) is 1.69. The van der Waals surface area contributed by atoms with Crippen molar-refractivity contribution < 1.29 is 9.25 Å². The fourth-order valence-corrected chi connectivity index (χ4v) is 3.55. The molecular weight excluding hydrogens is 362 g/mol. The number of rotatable bonds is 7. The van der Waals surface area contributed by atoms with E-state index in [-0.39, 0.29) is 12.0 Å². The van der Waals surface area contributed by atoms with Crippen LogP contribution in [-0.4, -0.2) is 22.0 Å². The molecule has 1 aliphatic carbocycles. The molecule has 29 heavy (non-hydrogen) atoms. The topological polar surface area (TPSA) is 60.5 Å². The van der Waals surface area contributed by atoms with Crippen molar-refractivity contribution >= 4 is 5.71 Å². The Bertz CT molecular complexity index is 1030. The number of aromatic nitrogens is 2. The van der Waals surface area contributed by atoms with Gasteiger partial charge in [0.05, 0.1) is 0 Å². The van der Waals surface area contributed by atoms with Crippen LogP contribution in [0.1, 0.15) is 68.5 Å². The molecule has 2 aromatic carbocycles. The Kier molecular flexibility index (Phi) is 5.47. The first-order valence-electron chi connectivity index (χ1n) is 10.3. The molecule has 0 N–H and O–H groups in total. The molecular formula is C24H27N3O2. The molecule has 0 spiro atoms. The van der Waals surface area contributed by atoms with E-state index in [2.05, 4.69) is 65.6 Å². The molecule has 1 aliphatic rings. The lowest BCUT2D eigenvalue weighted by Gasteiger charge is -2.07. The summed E-state index contributed by atoms with van der Waals surface area (Å²) in [7, 11) is 0. The Balaban J connectivity index is 1.52. The van der Waals surface area contributed by atoms with E-state index in [9.17, 15) is 0 Å². The summed E-state index contributed by atoms with van der Waals surface area (Å²) < 4.78 is 5.71. The highest BCUT2D eigenvalue weighted by Gasteiger charge is 2.25. The van der Waals surface area contributed by atoms with Crippen LogP contribution in [0.5, 0.6) is 0 Å². The third-order valence-corrected chi connectivity index (χ3v) is 5.00. The van der Waals surface area contributed by atoms with Crippen molar-refractivity contribution in [1.29, 1.82) is 0 Å². The van der Waals surface area contributed by atoms with Crippen LogP contribution in [0, 0.1) is 0 Å². The molecule has 3 aromatic rings. The molecule has 4 rings (SSSR count). The van der Waals surface area contributed by atoms with Crippen LogP contribution >= 0.6 is 0 Å². The SMILES string of the molecule is CC(C)ON=C1c2ccccc2-c2ccc(CCCc3nnc(C(C)C)o3)cc21. The largest absolute Gasteiger partial charge is 0.425 e. The summed E-state index contributed by atoms with van der Waals surface area (Å²) in [5, 5.41) is 12.7. The number of fused-ring (bicyclic) bond motifs is 3. The van der Waals surface area contributed by atoms with Crippen LogP contribution in [0.2, 0.25) is 0 Å². The molecule has 0 radical (unpaired) electrons. The molecule has 1 heterocycles. The quantitative estimate of drug-likeness (QED) is 0.390. The average Bonchev–Trinajstić information content (AvgIpc) is 3.29. The number of oxime groups is 1. The maximum atomic E-state index is 5.71. The van der Waals surface area contributed by atoms with E-state index >= 15 is 0 Å². The van der Waals surface area contributed by atoms with Gasteiger partial charge in [-0.3, -0.25) is 0 Å². The third-order valence-electron chi connectivity index (χ3n) is 5.00. The molecule has 0 atom stereocenters. The summed E-state index contributed by atoms with van der Waals surface area (Å²) in [5.41, 5.74) is 6.90. The fraction of sp³-hybridized carbons (Fsp3) is 0.375. The Hall–Kier alpha value is -2.95. The molecule has 0 fully saturated rings. The molecule has 0 amide bonds. The molecule has 0 unspecified atom stereocenters. The van der Waals surface area contributed by atoms with Gasteiger partial charge in [0.15, 0.2) is 0 Å². The molecule has 0 saturated heterocycles. The number of hydrogen-bond donors (Lipinski definition) is 0. The van der Waals surface area contributed by atoms with Crippen molar-refractivity contribution in [3.63, 3.8) is 0 Å². The number of nitrogens with zero attached hydrogens (tertiary/aromatic N) is 3. The van der Waals surface area contributed by atoms with Crippen LogP contribution < -0.4 is 0 Å². The maximum Gasteiger partial charge on any atom is 0.219 e. The molecule has 1 aromatic heterocycles. The monoisotopic (exact) mass is 389 g/mol. The van der Waals surface area contributed by atoms with Crippen LogP contribution in [0.4, 0.5) is 0 Å². The van der Waals surface area contributed by atoms with E-state index in [1.165, 1.54) is 16.7 Å². The Morgan fingerprint density at radius 2 is 1.66 bits per heavy atom. The van der Waals surface area contributed by atoms with Crippen molar-refractivity contribution in [2.45, 2.75) is 59.0 Å². The van der Waals surface area contributed by atoms with Gasteiger partial charge in [0.1, 0.15) is 11.8 Å². The highest BCUT2D eigenvalue weighted by atomic mass is 16.6. The highest BCUT2D eigenvalue weighted by molar-refractivity contribution is 6.24. The van der Waals surface area contributed by atoms with E-state index in [1.807, 2.05) is 19.9 Å². The molecule has 5 heteroatoms. The van der Waals surface area contributed by atoms with Crippen molar-refractivity contribution in [2.75, 3.05) is 0 Å². The average molecular weight is 389 g/mol. The Morgan fingerprint density at radius 1 is 0.897 bits per heavy atom. The summed E-state index contributed by atoms with van der Waals surface area (Å²) in [4.78, 5) is 5.60. The van der Waals surface area contributed by atoms with Crippen molar-refractivity contribution in [3.05, 3.63) is 70.9 Å². The lowest BCUT2D eigenvalue weighted by Crippen LogP contribution is -2.04. The maximum absolute atomic E-state index is 5.71. The summed E-state index contributed by atoms with van der Waals surface area (Å²) in [6.45, 7) is 8.10. The number of hydrogen-bond acceptors (Lipinski definition) is 5. The predicted octanol–water partition coefficient (Wildman–Crippen LogP) is 5.53. The van der Waals surface area contributed by atoms with Crippen molar-refractivity contribution in [1.82, 2.24) is 10.2 Å². The van der Waals surface area contributed by atoms with Gasteiger partial charge in [-0.15, -0.1) is 10.2 Å². The second-order valence-corrected chi connectivity index (χ2v) is 8.06. The van der Waals surface area contributed by atoms with E-state index in [1.54, 1.807) is 0 Å². The normalized spacial score (nSPS) is 13.9. The highest BCUT2D eigenvalue weighted by Crippen LogP contribution is 2.37. The van der Waals surface area contributed by atoms with Gasteiger partial charge in [-0.25, -0.2) is 0 Å². The minimum absolute atomic E-state index is 0.0482. The van der Waals surface area contributed by atoms with Gasteiger partial charge in [-0.05, 0) is 49.4 Å². The molecule has 0 aliphatic heterocycles. The Labute approximate surface area is 171 Å². The summed E-state index contributed by atoms with van der Waals surface area (Å²) >= 11 is 0. The van der Waals surface area contributed by atoms with E-state index in [0.717, 1.165) is 42.0 Å². The first-order chi connectivity index (χ1) is 14.0. The number of aryl methyl sites for hydroxylation is 2. The van der Waals surface area contributed by atoms with Gasteiger partial charge in [-0.2, -0.15) is 0 Å². The first kappa shape index (κ1) is 19.4. The zero-order chi connectivity index (χ0) is 20.4. The van der Waals surface area contributed by atoms with Gasteiger partial charge < -0.3 is 9.25 Å². The van der Waals surface area contributed by atoms with E-state index in [0.29, 0.717) is 5.89 Å². The molecule has 0 bridgehead atoms. The van der Waals surface area contributed by atoms with Crippen LogP contribution in [0.3, 0.4) is 0 Å². The summed E-state index contributed by atoms with van der Waals surface area (Å²) in [6.07, 6.45) is 2.74. The van der Waals surface area contributed by atoms with Crippen molar-refractivity contribution in [2.24, 2.45) is 5.16 Å². The minimum atomic E-state index is 0.0482. The zero-order valence-electron chi connectivity index (χ0n) is 17.5. The number of benzene rings is 2. The second kappa shape index (κ2) is 8.19. The van der Waals surface area contributed by atoms with Gasteiger partial charge in [-0.1, -0.05) is 55.4 Å². The van der Waals surface area contributed by atoms with Gasteiger partial charge in [0.25, 0.3) is 0 Å². The molecule has 5 nitrogen and oxygen atoms in total. The van der Waals surface area contributed by atoms with Crippen LogP contribution in [-0.2, 0) is 17.7 Å². The lowest BCUT2D eigenvalue weighted by molar-refractivity contribution is 0.0863. The Morgan fingerprint density at radius 3 is 2.38 bits per heavy atom. The van der Waals surface area contributed by atoms with Gasteiger partial charge >= 0.3 is 0 Å². The standard InChI is InChI=1S/C24H27N3O2/c1-15(2)24-26-25-22(28-24)11-7-8-17-12-13-19-18-9-5-6-10-20(18)23(21(19)14-17)27-29-16(3)4/h5-6,9-10,12-16H,7-8,11H2,1-4H3. The van der Waals surface area contributed by atoms with E-state index < -0.39 is 0 Å². The molecule has 0 saturated carbocycles.